The Kier molecular flexibility index (Phi) is 5.35. The Labute approximate surface area is 129 Å². The van der Waals surface area contributed by atoms with Gasteiger partial charge in [0.15, 0.2) is 0 Å². The highest BCUT2D eigenvalue weighted by Crippen LogP contribution is 2.22. The van der Waals surface area contributed by atoms with Crippen molar-refractivity contribution < 1.29 is 4.74 Å². The zero-order valence-corrected chi connectivity index (χ0v) is 12.6. The molecule has 0 aliphatic carbocycles. The van der Waals surface area contributed by atoms with E-state index in [1.54, 1.807) is 0 Å². The Morgan fingerprint density at radius 1 is 1.15 bits per heavy atom. The quantitative estimate of drug-likeness (QED) is 0.583. The lowest BCUT2D eigenvalue weighted by atomic mass is 10.1. The van der Waals surface area contributed by atoms with E-state index < -0.39 is 0 Å². The van der Waals surface area contributed by atoms with Crippen LogP contribution in [0.5, 0.6) is 5.75 Å². The van der Waals surface area contributed by atoms with Gasteiger partial charge in [0, 0.05) is 16.1 Å². The number of hydrogen-bond acceptors (Lipinski definition) is 1. The molecule has 0 atom stereocenters. The lowest BCUT2D eigenvalue weighted by Crippen LogP contribution is -1.98. The Morgan fingerprint density at radius 3 is 2.65 bits per heavy atom. The van der Waals surface area contributed by atoms with Crippen LogP contribution in [0, 0.1) is 18.8 Å². The second kappa shape index (κ2) is 7.24. The van der Waals surface area contributed by atoms with Gasteiger partial charge in [-0.25, -0.2) is 0 Å². The minimum Gasteiger partial charge on any atom is -0.489 e. The summed E-state index contributed by atoms with van der Waals surface area (Å²) in [6.45, 7) is 2.45. The van der Waals surface area contributed by atoms with E-state index in [-0.39, 0.29) is 0 Å². The summed E-state index contributed by atoms with van der Waals surface area (Å²) in [5.41, 5.74) is 2.95. The summed E-state index contributed by atoms with van der Waals surface area (Å²) >= 11 is 11.6. The zero-order chi connectivity index (χ0) is 14.4. The maximum absolute atomic E-state index is 6.10. The van der Waals surface area contributed by atoms with Gasteiger partial charge in [0.25, 0.3) is 0 Å². The van der Waals surface area contributed by atoms with Crippen LogP contribution >= 0.6 is 23.2 Å². The molecule has 0 amide bonds. The third kappa shape index (κ3) is 3.93. The van der Waals surface area contributed by atoms with Gasteiger partial charge in [-0.1, -0.05) is 41.6 Å². The molecule has 20 heavy (non-hydrogen) atoms. The van der Waals surface area contributed by atoms with Crippen molar-refractivity contribution >= 4 is 23.2 Å². The van der Waals surface area contributed by atoms with Crippen molar-refractivity contribution in [2.75, 3.05) is 5.88 Å². The molecule has 0 fully saturated rings. The predicted molar refractivity (Wildman–Crippen MR) is 84.6 cm³/mol. The molecular formula is C17H14Cl2O. The summed E-state index contributed by atoms with van der Waals surface area (Å²) in [6, 6.07) is 13.5. The Morgan fingerprint density at radius 2 is 1.95 bits per heavy atom. The van der Waals surface area contributed by atoms with E-state index in [1.807, 2.05) is 49.4 Å². The monoisotopic (exact) mass is 304 g/mol. The molecular weight excluding hydrogens is 291 g/mol. The standard InChI is InChI=1S/C17H14Cl2O/c1-13-11-14(5-4-10-18)8-9-17(13)20-12-15-6-2-3-7-16(15)19/h2-3,6-9,11H,10,12H2,1H3. The number of hydrogen-bond donors (Lipinski definition) is 0. The van der Waals surface area contributed by atoms with Crippen LogP contribution in [-0.2, 0) is 6.61 Å². The molecule has 0 saturated heterocycles. The molecule has 102 valence electrons. The number of ether oxygens (including phenoxy) is 1. The predicted octanol–water partition coefficient (Wildman–Crippen LogP) is 4.82. The second-order valence-electron chi connectivity index (χ2n) is 4.30. The molecule has 0 N–H and O–H groups in total. The topological polar surface area (TPSA) is 9.23 Å². The lowest BCUT2D eigenvalue weighted by molar-refractivity contribution is 0.304. The smallest absolute Gasteiger partial charge is 0.122 e. The van der Waals surface area contributed by atoms with E-state index in [1.165, 1.54) is 0 Å². The van der Waals surface area contributed by atoms with Gasteiger partial charge in [-0.3, -0.25) is 0 Å². The third-order valence-electron chi connectivity index (χ3n) is 2.82. The van der Waals surface area contributed by atoms with Crippen LogP contribution in [0.3, 0.4) is 0 Å². The molecule has 0 saturated carbocycles. The maximum atomic E-state index is 6.10. The third-order valence-corrected chi connectivity index (χ3v) is 3.32. The summed E-state index contributed by atoms with van der Waals surface area (Å²) < 4.78 is 5.80. The molecule has 0 heterocycles. The van der Waals surface area contributed by atoms with Crippen LogP contribution in [0.15, 0.2) is 42.5 Å². The average molecular weight is 305 g/mol. The summed E-state index contributed by atoms with van der Waals surface area (Å²) in [7, 11) is 0. The Hall–Kier alpha value is -1.62. The minimum atomic E-state index is 0.337. The van der Waals surface area contributed by atoms with E-state index in [0.29, 0.717) is 12.5 Å². The SMILES string of the molecule is Cc1cc(C#CCCl)ccc1OCc1ccccc1Cl. The summed E-state index contributed by atoms with van der Waals surface area (Å²) in [5, 5.41) is 0.717. The number of alkyl halides is 1. The summed E-state index contributed by atoms with van der Waals surface area (Å²) in [5.74, 6) is 6.99. The number of benzene rings is 2. The van der Waals surface area contributed by atoms with Crippen LogP contribution in [0.4, 0.5) is 0 Å². The van der Waals surface area contributed by atoms with Crippen LogP contribution in [-0.4, -0.2) is 5.88 Å². The zero-order valence-electron chi connectivity index (χ0n) is 11.1. The fraction of sp³-hybridized carbons (Fsp3) is 0.176. The molecule has 2 rings (SSSR count). The second-order valence-corrected chi connectivity index (χ2v) is 4.97. The van der Waals surface area contributed by atoms with Gasteiger partial charge in [0.2, 0.25) is 0 Å². The largest absolute Gasteiger partial charge is 0.489 e. The van der Waals surface area contributed by atoms with Crippen molar-refractivity contribution in [1.29, 1.82) is 0 Å². The van der Waals surface area contributed by atoms with E-state index in [2.05, 4.69) is 11.8 Å². The van der Waals surface area contributed by atoms with Gasteiger partial charge < -0.3 is 4.74 Å². The van der Waals surface area contributed by atoms with Gasteiger partial charge in [-0.15, -0.1) is 11.6 Å². The lowest BCUT2D eigenvalue weighted by Gasteiger charge is -2.10. The first kappa shape index (κ1) is 14.8. The normalized spacial score (nSPS) is 9.75. The van der Waals surface area contributed by atoms with E-state index >= 15 is 0 Å². The number of halogens is 2. The van der Waals surface area contributed by atoms with E-state index in [4.69, 9.17) is 27.9 Å². The summed E-state index contributed by atoms with van der Waals surface area (Å²) in [4.78, 5) is 0. The van der Waals surface area contributed by atoms with Gasteiger partial charge in [-0.2, -0.15) is 0 Å². The maximum Gasteiger partial charge on any atom is 0.122 e. The highest BCUT2D eigenvalue weighted by atomic mass is 35.5. The van der Waals surface area contributed by atoms with Crippen molar-refractivity contribution in [3.05, 3.63) is 64.2 Å². The van der Waals surface area contributed by atoms with Crippen molar-refractivity contribution in [1.82, 2.24) is 0 Å². The molecule has 2 aromatic carbocycles. The van der Waals surface area contributed by atoms with Gasteiger partial charge in [0.05, 0.1) is 5.88 Å². The van der Waals surface area contributed by atoms with Crippen molar-refractivity contribution in [3.8, 4) is 17.6 Å². The molecule has 0 aliphatic heterocycles. The molecule has 0 radical (unpaired) electrons. The Bertz CT molecular complexity index is 654. The first-order chi connectivity index (χ1) is 9.70. The minimum absolute atomic E-state index is 0.337. The van der Waals surface area contributed by atoms with Crippen LogP contribution < -0.4 is 4.74 Å². The van der Waals surface area contributed by atoms with Crippen molar-refractivity contribution in [2.24, 2.45) is 0 Å². The number of aryl methyl sites for hydroxylation is 1. The molecule has 0 spiro atoms. The first-order valence-corrected chi connectivity index (χ1v) is 7.13. The van der Waals surface area contributed by atoms with Gasteiger partial charge in [-0.05, 0) is 36.8 Å². The number of rotatable bonds is 3. The molecule has 2 aromatic rings. The molecule has 1 nitrogen and oxygen atoms in total. The average Bonchev–Trinajstić information content (AvgIpc) is 2.45. The van der Waals surface area contributed by atoms with E-state index in [0.717, 1.165) is 27.5 Å². The van der Waals surface area contributed by atoms with Crippen LogP contribution in [0.2, 0.25) is 5.02 Å². The highest BCUT2D eigenvalue weighted by Gasteiger charge is 2.03. The van der Waals surface area contributed by atoms with Crippen molar-refractivity contribution in [3.63, 3.8) is 0 Å². The van der Waals surface area contributed by atoms with E-state index in [9.17, 15) is 0 Å². The first-order valence-electron chi connectivity index (χ1n) is 6.22. The fourth-order valence-corrected chi connectivity index (χ4v) is 2.05. The molecule has 0 unspecified atom stereocenters. The van der Waals surface area contributed by atoms with Crippen LogP contribution in [0.25, 0.3) is 0 Å². The van der Waals surface area contributed by atoms with Gasteiger partial charge >= 0.3 is 0 Å². The summed E-state index contributed by atoms with van der Waals surface area (Å²) in [6.07, 6.45) is 0. The highest BCUT2D eigenvalue weighted by molar-refractivity contribution is 6.31. The molecule has 0 aromatic heterocycles. The van der Waals surface area contributed by atoms with Crippen LogP contribution in [0.1, 0.15) is 16.7 Å². The molecule has 0 aliphatic rings. The fourth-order valence-electron chi connectivity index (χ4n) is 1.80. The van der Waals surface area contributed by atoms with Gasteiger partial charge in [0.1, 0.15) is 12.4 Å². The molecule has 0 bridgehead atoms. The van der Waals surface area contributed by atoms with Crippen molar-refractivity contribution in [2.45, 2.75) is 13.5 Å². The Balaban J connectivity index is 2.09. The molecule has 3 heteroatoms.